The largest absolute Gasteiger partial charge is 0.457 e. The smallest absolute Gasteiger partial charge is 0.273 e. The number of nitro benzene ring substituents is 1. The van der Waals surface area contributed by atoms with Crippen LogP contribution in [0, 0.1) is 17.0 Å². The molecule has 1 aliphatic carbocycles. The van der Waals surface area contributed by atoms with Crippen molar-refractivity contribution in [3.8, 4) is 11.5 Å². The molecule has 1 aliphatic rings. The summed E-state index contributed by atoms with van der Waals surface area (Å²) >= 11 is 0. The SMILES string of the molecule is Cc1cc([N+](=O)[O-])c2c(c1Oc1cccc(C(=O)CO)c1)CCC2. The number of benzene rings is 2. The number of aryl methyl sites for hydroxylation is 1. The number of hydrogen-bond acceptors (Lipinski definition) is 5. The summed E-state index contributed by atoms with van der Waals surface area (Å²) in [6.45, 7) is 1.22. The van der Waals surface area contributed by atoms with Gasteiger partial charge in [0.25, 0.3) is 5.69 Å². The molecule has 1 N–H and O–H groups in total. The number of carbonyl (C=O) groups is 1. The van der Waals surface area contributed by atoms with Crippen LogP contribution >= 0.6 is 0 Å². The molecular formula is C18H17NO5. The number of ketones is 1. The molecule has 124 valence electrons. The van der Waals surface area contributed by atoms with Crippen molar-refractivity contribution in [1.82, 2.24) is 0 Å². The lowest BCUT2D eigenvalue weighted by molar-refractivity contribution is -0.385. The Morgan fingerprint density at radius 2 is 2.04 bits per heavy atom. The summed E-state index contributed by atoms with van der Waals surface area (Å²) in [6.07, 6.45) is 2.27. The molecule has 0 spiro atoms. The summed E-state index contributed by atoms with van der Waals surface area (Å²) in [7, 11) is 0. The average molecular weight is 327 g/mol. The summed E-state index contributed by atoms with van der Waals surface area (Å²) in [5.41, 5.74) is 2.83. The zero-order valence-electron chi connectivity index (χ0n) is 13.2. The Balaban J connectivity index is 2.01. The van der Waals surface area contributed by atoms with Crippen LogP contribution in [0.2, 0.25) is 0 Å². The molecule has 0 atom stereocenters. The van der Waals surface area contributed by atoms with Crippen molar-refractivity contribution in [2.45, 2.75) is 26.2 Å². The highest BCUT2D eigenvalue weighted by Gasteiger charge is 2.27. The molecule has 0 saturated heterocycles. The van der Waals surface area contributed by atoms with Crippen LogP contribution in [0.15, 0.2) is 30.3 Å². The molecule has 0 unspecified atom stereocenters. The molecule has 0 heterocycles. The summed E-state index contributed by atoms with van der Waals surface area (Å²) in [5.74, 6) is 0.716. The lowest BCUT2D eigenvalue weighted by atomic mass is 10.0. The highest BCUT2D eigenvalue weighted by atomic mass is 16.6. The van der Waals surface area contributed by atoms with E-state index in [-0.39, 0.29) is 16.4 Å². The maximum atomic E-state index is 11.6. The Morgan fingerprint density at radius 1 is 1.29 bits per heavy atom. The van der Waals surface area contributed by atoms with Crippen molar-refractivity contribution >= 4 is 11.5 Å². The molecule has 0 saturated carbocycles. The van der Waals surface area contributed by atoms with Crippen LogP contribution in [0.25, 0.3) is 0 Å². The van der Waals surface area contributed by atoms with Gasteiger partial charge in [0.1, 0.15) is 18.1 Å². The van der Waals surface area contributed by atoms with Crippen molar-refractivity contribution in [3.63, 3.8) is 0 Å². The first-order chi connectivity index (χ1) is 11.5. The van der Waals surface area contributed by atoms with E-state index < -0.39 is 6.61 Å². The molecule has 0 bridgehead atoms. The van der Waals surface area contributed by atoms with E-state index in [0.717, 1.165) is 24.0 Å². The van der Waals surface area contributed by atoms with Gasteiger partial charge in [0.2, 0.25) is 0 Å². The number of aliphatic hydroxyl groups excluding tert-OH is 1. The minimum Gasteiger partial charge on any atom is -0.457 e. The van der Waals surface area contributed by atoms with Gasteiger partial charge in [-0.2, -0.15) is 0 Å². The summed E-state index contributed by atoms with van der Waals surface area (Å²) in [4.78, 5) is 22.5. The fourth-order valence-corrected chi connectivity index (χ4v) is 3.12. The molecule has 24 heavy (non-hydrogen) atoms. The number of fused-ring (bicyclic) bond motifs is 1. The maximum Gasteiger partial charge on any atom is 0.273 e. The number of Topliss-reactive ketones (excluding diaryl/α,β-unsaturated/α-hetero) is 1. The van der Waals surface area contributed by atoms with Crippen LogP contribution < -0.4 is 4.74 Å². The maximum absolute atomic E-state index is 11.6. The quantitative estimate of drug-likeness (QED) is 0.516. The third-order valence-corrected chi connectivity index (χ3v) is 4.23. The van der Waals surface area contributed by atoms with E-state index in [2.05, 4.69) is 0 Å². The van der Waals surface area contributed by atoms with E-state index in [1.54, 1.807) is 37.3 Å². The van der Waals surface area contributed by atoms with Crippen molar-refractivity contribution in [1.29, 1.82) is 0 Å². The third-order valence-electron chi connectivity index (χ3n) is 4.23. The van der Waals surface area contributed by atoms with Gasteiger partial charge in [-0.3, -0.25) is 14.9 Å². The van der Waals surface area contributed by atoms with Crippen molar-refractivity contribution < 1.29 is 19.6 Å². The van der Waals surface area contributed by atoms with Gasteiger partial charge in [0.15, 0.2) is 5.78 Å². The Bertz CT molecular complexity index is 828. The molecule has 0 aliphatic heterocycles. The number of rotatable bonds is 5. The molecule has 0 aromatic heterocycles. The summed E-state index contributed by atoms with van der Waals surface area (Å²) in [5, 5.41) is 20.2. The minimum atomic E-state index is -0.560. The molecule has 6 nitrogen and oxygen atoms in total. The number of nitrogens with zero attached hydrogens (tertiary/aromatic N) is 1. The number of ether oxygens (including phenoxy) is 1. The molecule has 0 fully saturated rings. The second-order valence-corrected chi connectivity index (χ2v) is 5.82. The summed E-state index contributed by atoms with van der Waals surface area (Å²) in [6, 6.07) is 8.12. The Labute approximate surface area is 138 Å². The molecule has 2 aromatic carbocycles. The monoisotopic (exact) mass is 327 g/mol. The standard InChI is InChI=1S/C18H17NO5/c1-11-8-16(19(22)23)14-6-3-7-15(14)18(11)24-13-5-2-4-12(9-13)17(21)10-20/h2,4-5,8-9,20H,3,6-7,10H2,1H3. The van der Waals surface area contributed by atoms with Gasteiger partial charge in [0.05, 0.1) is 4.92 Å². The lowest BCUT2D eigenvalue weighted by Crippen LogP contribution is -2.04. The lowest BCUT2D eigenvalue weighted by Gasteiger charge is -2.14. The normalized spacial score (nSPS) is 12.8. The van der Waals surface area contributed by atoms with Crippen LogP contribution in [0.5, 0.6) is 11.5 Å². The fraction of sp³-hybridized carbons (Fsp3) is 0.278. The van der Waals surface area contributed by atoms with Gasteiger partial charge in [-0.25, -0.2) is 0 Å². The van der Waals surface area contributed by atoms with Crippen molar-refractivity contribution in [3.05, 3.63) is 62.7 Å². The number of nitro groups is 1. The van der Waals surface area contributed by atoms with Gasteiger partial charge < -0.3 is 9.84 Å². The molecule has 3 rings (SSSR count). The first-order valence-electron chi connectivity index (χ1n) is 7.73. The van der Waals surface area contributed by atoms with Crippen LogP contribution in [0.1, 0.15) is 33.5 Å². The van der Waals surface area contributed by atoms with Crippen LogP contribution in [-0.2, 0) is 12.8 Å². The Morgan fingerprint density at radius 3 is 2.75 bits per heavy atom. The second kappa shape index (κ2) is 6.41. The van der Waals surface area contributed by atoms with E-state index >= 15 is 0 Å². The second-order valence-electron chi connectivity index (χ2n) is 5.82. The highest BCUT2D eigenvalue weighted by Crippen LogP contribution is 2.41. The highest BCUT2D eigenvalue weighted by molar-refractivity contribution is 5.97. The van der Waals surface area contributed by atoms with E-state index in [9.17, 15) is 14.9 Å². The number of carbonyl (C=O) groups excluding carboxylic acids is 1. The van der Waals surface area contributed by atoms with E-state index in [0.29, 0.717) is 29.0 Å². The zero-order chi connectivity index (χ0) is 17.3. The van der Waals surface area contributed by atoms with Gasteiger partial charge in [-0.15, -0.1) is 0 Å². The van der Waals surface area contributed by atoms with Crippen LogP contribution in [0.4, 0.5) is 5.69 Å². The molecule has 2 aromatic rings. The average Bonchev–Trinajstić information content (AvgIpc) is 3.06. The summed E-state index contributed by atoms with van der Waals surface area (Å²) < 4.78 is 5.97. The minimum absolute atomic E-state index is 0.150. The van der Waals surface area contributed by atoms with Gasteiger partial charge >= 0.3 is 0 Å². The molecule has 0 radical (unpaired) electrons. The molecule has 6 heteroatoms. The Hall–Kier alpha value is -2.73. The third kappa shape index (κ3) is 2.88. The van der Waals surface area contributed by atoms with E-state index in [4.69, 9.17) is 9.84 Å². The van der Waals surface area contributed by atoms with Crippen molar-refractivity contribution in [2.24, 2.45) is 0 Å². The topological polar surface area (TPSA) is 89.7 Å². The zero-order valence-corrected chi connectivity index (χ0v) is 13.2. The predicted molar refractivity (Wildman–Crippen MR) is 87.8 cm³/mol. The predicted octanol–water partition coefficient (Wildman–Crippen LogP) is 3.36. The van der Waals surface area contributed by atoms with Gasteiger partial charge in [-0.1, -0.05) is 12.1 Å². The number of hydrogen-bond donors (Lipinski definition) is 1. The van der Waals surface area contributed by atoms with Gasteiger partial charge in [0, 0.05) is 22.8 Å². The number of aliphatic hydroxyl groups is 1. The first kappa shape index (κ1) is 16.1. The fourth-order valence-electron chi connectivity index (χ4n) is 3.12. The van der Waals surface area contributed by atoms with E-state index in [1.165, 1.54) is 0 Å². The van der Waals surface area contributed by atoms with Crippen LogP contribution in [0.3, 0.4) is 0 Å². The first-order valence-corrected chi connectivity index (χ1v) is 7.73. The van der Waals surface area contributed by atoms with Gasteiger partial charge in [-0.05, 0) is 43.9 Å². The molecule has 0 amide bonds. The molecular weight excluding hydrogens is 310 g/mol. The van der Waals surface area contributed by atoms with Crippen LogP contribution in [-0.4, -0.2) is 22.4 Å². The Kier molecular flexibility index (Phi) is 4.31. The van der Waals surface area contributed by atoms with Crippen molar-refractivity contribution in [2.75, 3.05) is 6.61 Å². The van der Waals surface area contributed by atoms with E-state index in [1.807, 2.05) is 0 Å².